The average Bonchev–Trinajstić information content (AvgIpc) is 3.18. The Kier molecular flexibility index (Phi) is 5.04. The number of rotatable bonds is 2. The summed E-state index contributed by atoms with van der Waals surface area (Å²) >= 11 is 3.09. The van der Waals surface area contributed by atoms with Crippen LogP contribution in [0.3, 0.4) is 0 Å². The summed E-state index contributed by atoms with van der Waals surface area (Å²) in [6.07, 6.45) is 3.87. The molecule has 1 N–H and O–H groups in total. The average molecular weight is 431 g/mol. The Bertz CT molecular complexity index is 1060. The standard InChI is InChI=1S/C20H22N4O3S2/c1-11(25)22-17-16(18-23-13-9-21-7-5-14(13)28-18)12-6-8-24(10-15(12)29-17)19(26)27-20(2,3)4/h5,7,9H,6,8,10H2,1-4H3,(H,22,25). The lowest BCUT2D eigenvalue weighted by Crippen LogP contribution is -2.39. The Hall–Kier alpha value is -2.52. The van der Waals surface area contributed by atoms with E-state index >= 15 is 0 Å². The molecule has 0 saturated carbocycles. The molecule has 4 heterocycles. The lowest BCUT2D eigenvalue weighted by molar-refractivity contribution is -0.114. The van der Waals surface area contributed by atoms with E-state index in [4.69, 9.17) is 9.72 Å². The fraction of sp³-hybridized carbons (Fsp3) is 0.400. The first-order valence-corrected chi connectivity index (χ1v) is 11.0. The molecule has 0 spiro atoms. The van der Waals surface area contributed by atoms with Crippen molar-refractivity contribution in [3.8, 4) is 10.6 Å². The molecule has 4 rings (SSSR count). The lowest BCUT2D eigenvalue weighted by Gasteiger charge is -2.30. The minimum Gasteiger partial charge on any atom is -0.444 e. The van der Waals surface area contributed by atoms with Crippen molar-refractivity contribution in [2.75, 3.05) is 11.9 Å². The molecule has 0 aliphatic carbocycles. The number of hydrogen-bond donors (Lipinski definition) is 1. The second-order valence-corrected chi connectivity index (χ2v) is 10.0. The summed E-state index contributed by atoms with van der Waals surface area (Å²) in [5.41, 5.74) is 2.41. The van der Waals surface area contributed by atoms with Gasteiger partial charge in [-0.1, -0.05) is 0 Å². The molecule has 1 aliphatic rings. The van der Waals surface area contributed by atoms with Crippen molar-refractivity contribution in [3.05, 3.63) is 28.9 Å². The van der Waals surface area contributed by atoms with Crippen molar-refractivity contribution in [2.24, 2.45) is 0 Å². The molecule has 0 radical (unpaired) electrons. The molecule has 1 aliphatic heterocycles. The van der Waals surface area contributed by atoms with Gasteiger partial charge in [0.25, 0.3) is 0 Å². The number of nitrogens with zero attached hydrogens (tertiary/aromatic N) is 3. The Labute approximate surface area is 176 Å². The molecule has 0 aromatic carbocycles. The van der Waals surface area contributed by atoms with E-state index in [1.165, 1.54) is 18.3 Å². The van der Waals surface area contributed by atoms with Gasteiger partial charge in [0.2, 0.25) is 5.91 Å². The van der Waals surface area contributed by atoms with Crippen LogP contribution >= 0.6 is 22.7 Å². The van der Waals surface area contributed by atoms with Gasteiger partial charge in [-0.25, -0.2) is 9.78 Å². The zero-order valence-corrected chi connectivity index (χ0v) is 18.4. The minimum atomic E-state index is -0.533. The van der Waals surface area contributed by atoms with Crippen molar-refractivity contribution < 1.29 is 14.3 Å². The largest absolute Gasteiger partial charge is 0.444 e. The zero-order valence-electron chi connectivity index (χ0n) is 16.7. The number of carbonyl (C=O) groups excluding carboxylic acids is 2. The topological polar surface area (TPSA) is 84.4 Å². The number of pyridine rings is 1. The highest BCUT2D eigenvalue weighted by molar-refractivity contribution is 7.22. The third kappa shape index (κ3) is 4.11. The second kappa shape index (κ2) is 7.38. The lowest BCUT2D eigenvalue weighted by atomic mass is 10.0. The number of hydrogen-bond acceptors (Lipinski definition) is 7. The van der Waals surface area contributed by atoms with E-state index < -0.39 is 5.60 Å². The molecular formula is C20H22N4O3S2. The Morgan fingerprint density at radius 3 is 2.76 bits per heavy atom. The maximum atomic E-state index is 12.5. The Balaban J connectivity index is 1.72. The summed E-state index contributed by atoms with van der Waals surface area (Å²) in [5, 5.41) is 4.59. The van der Waals surface area contributed by atoms with Gasteiger partial charge in [-0.2, -0.15) is 0 Å². The van der Waals surface area contributed by atoms with Gasteiger partial charge in [0.15, 0.2) is 0 Å². The third-order valence-corrected chi connectivity index (χ3v) is 6.59. The van der Waals surface area contributed by atoms with E-state index in [1.54, 1.807) is 28.6 Å². The highest BCUT2D eigenvalue weighted by Gasteiger charge is 2.31. The number of fused-ring (bicyclic) bond motifs is 2. The molecule has 152 valence electrons. The Morgan fingerprint density at radius 2 is 2.07 bits per heavy atom. The highest BCUT2D eigenvalue weighted by atomic mass is 32.1. The van der Waals surface area contributed by atoms with Gasteiger partial charge in [0.05, 0.1) is 17.4 Å². The van der Waals surface area contributed by atoms with E-state index in [-0.39, 0.29) is 12.0 Å². The highest BCUT2D eigenvalue weighted by Crippen LogP contribution is 2.45. The van der Waals surface area contributed by atoms with Crippen LogP contribution in [0, 0.1) is 0 Å². The molecule has 9 heteroatoms. The molecule has 3 aromatic heterocycles. The maximum Gasteiger partial charge on any atom is 0.410 e. The minimum absolute atomic E-state index is 0.128. The zero-order chi connectivity index (χ0) is 20.8. The number of anilines is 1. The molecule has 0 atom stereocenters. The second-order valence-electron chi connectivity index (χ2n) is 7.90. The summed E-state index contributed by atoms with van der Waals surface area (Å²) in [4.78, 5) is 35.9. The third-order valence-electron chi connectivity index (χ3n) is 4.40. The van der Waals surface area contributed by atoms with Gasteiger partial charge >= 0.3 is 6.09 Å². The van der Waals surface area contributed by atoms with Gasteiger partial charge in [-0.3, -0.25) is 9.78 Å². The van der Waals surface area contributed by atoms with Crippen molar-refractivity contribution in [1.82, 2.24) is 14.9 Å². The van der Waals surface area contributed by atoms with Crippen molar-refractivity contribution >= 4 is 49.9 Å². The monoisotopic (exact) mass is 430 g/mol. The number of nitrogens with one attached hydrogen (secondary N) is 1. The molecule has 0 bridgehead atoms. The number of ether oxygens (including phenoxy) is 1. The van der Waals surface area contributed by atoms with E-state index in [0.29, 0.717) is 19.5 Å². The number of thiazole rings is 1. The van der Waals surface area contributed by atoms with Crippen LogP contribution in [0.5, 0.6) is 0 Å². The first-order valence-electron chi connectivity index (χ1n) is 9.32. The molecule has 0 fully saturated rings. The molecular weight excluding hydrogens is 408 g/mol. The summed E-state index contributed by atoms with van der Waals surface area (Å²) in [6, 6.07) is 1.94. The van der Waals surface area contributed by atoms with Crippen LogP contribution in [0.15, 0.2) is 18.5 Å². The van der Waals surface area contributed by atoms with Gasteiger partial charge in [-0.05, 0) is 38.8 Å². The number of aromatic nitrogens is 2. The van der Waals surface area contributed by atoms with Crippen LogP contribution in [0.2, 0.25) is 0 Å². The van der Waals surface area contributed by atoms with Gasteiger partial charge in [0, 0.05) is 30.1 Å². The maximum absolute atomic E-state index is 12.5. The van der Waals surface area contributed by atoms with Crippen LogP contribution in [-0.2, 0) is 22.5 Å². The summed E-state index contributed by atoms with van der Waals surface area (Å²) in [6.45, 7) is 8.12. The van der Waals surface area contributed by atoms with E-state index in [2.05, 4.69) is 10.3 Å². The van der Waals surface area contributed by atoms with Crippen LogP contribution < -0.4 is 5.32 Å². The quantitative estimate of drug-likeness (QED) is 0.639. The van der Waals surface area contributed by atoms with Crippen molar-refractivity contribution in [2.45, 2.75) is 46.3 Å². The normalized spacial score (nSPS) is 14.0. The first kappa shape index (κ1) is 19.8. The summed E-state index contributed by atoms with van der Waals surface area (Å²) in [7, 11) is 0. The van der Waals surface area contributed by atoms with Gasteiger partial charge in [0.1, 0.15) is 21.1 Å². The first-order chi connectivity index (χ1) is 13.7. The number of amides is 2. The van der Waals surface area contributed by atoms with Gasteiger partial charge < -0.3 is 15.0 Å². The molecule has 29 heavy (non-hydrogen) atoms. The van der Waals surface area contributed by atoms with Crippen LogP contribution in [0.1, 0.15) is 38.1 Å². The van der Waals surface area contributed by atoms with Crippen LogP contribution in [-0.4, -0.2) is 39.0 Å². The van der Waals surface area contributed by atoms with Crippen LogP contribution in [0.25, 0.3) is 20.8 Å². The number of thiophene rings is 1. The summed E-state index contributed by atoms with van der Waals surface area (Å²) < 4.78 is 6.57. The SMILES string of the molecule is CC(=O)Nc1sc2c(c1-c1nc3cnccc3s1)CCN(C(=O)OC(C)(C)C)C2. The molecule has 0 unspecified atom stereocenters. The molecule has 2 amide bonds. The van der Waals surface area contributed by atoms with Gasteiger partial charge in [-0.15, -0.1) is 22.7 Å². The molecule has 3 aromatic rings. The fourth-order valence-corrected chi connectivity index (χ4v) is 5.63. The van der Waals surface area contributed by atoms with Crippen LogP contribution in [0.4, 0.5) is 9.80 Å². The van der Waals surface area contributed by atoms with E-state index in [1.807, 2.05) is 26.8 Å². The smallest absolute Gasteiger partial charge is 0.410 e. The fourth-order valence-electron chi connectivity index (χ4n) is 3.25. The summed E-state index contributed by atoms with van der Waals surface area (Å²) in [5.74, 6) is -0.128. The molecule has 0 saturated heterocycles. The molecule has 7 nitrogen and oxygen atoms in total. The number of carbonyl (C=O) groups is 2. The predicted molar refractivity (Wildman–Crippen MR) is 115 cm³/mol. The predicted octanol–water partition coefficient (Wildman–Crippen LogP) is 4.67. The Morgan fingerprint density at radius 1 is 1.28 bits per heavy atom. The van der Waals surface area contributed by atoms with E-state index in [0.717, 1.165) is 36.2 Å². The van der Waals surface area contributed by atoms with Crippen molar-refractivity contribution in [1.29, 1.82) is 0 Å². The van der Waals surface area contributed by atoms with Crippen molar-refractivity contribution in [3.63, 3.8) is 0 Å². The van der Waals surface area contributed by atoms with E-state index in [9.17, 15) is 9.59 Å².